The number of halogens is 1. The van der Waals surface area contributed by atoms with Crippen molar-refractivity contribution in [1.82, 2.24) is 0 Å². The van der Waals surface area contributed by atoms with Crippen LogP contribution in [0.5, 0.6) is 0 Å². The predicted molar refractivity (Wildman–Crippen MR) is 52.6 cm³/mol. The molecule has 2 unspecified atom stereocenters. The van der Waals surface area contributed by atoms with Crippen molar-refractivity contribution >= 4 is 22.6 Å². The van der Waals surface area contributed by atoms with Crippen LogP contribution in [-0.2, 0) is 9.47 Å². The van der Waals surface area contributed by atoms with Gasteiger partial charge in [0, 0.05) is 12.5 Å². The summed E-state index contributed by atoms with van der Waals surface area (Å²) < 4.78 is 12.9. The summed E-state index contributed by atoms with van der Waals surface area (Å²) in [7, 11) is 0. The van der Waals surface area contributed by atoms with Gasteiger partial charge in [-0.2, -0.15) is 0 Å². The van der Waals surface area contributed by atoms with E-state index in [9.17, 15) is 0 Å². The van der Waals surface area contributed by atoms with Crippen LogP contribution in [0.3, 0.4) is 0 Å². The Morgan fingerprint density at radius 3 is 3.00 bits per heavy atom. The maximum absolute atomic E-state index is 5.41. The molecule has 0 saturated carbocycles. The maximum Gasteiger partial charge on any atom is 0.164 e. The lowest BCUT2D eigenvalue weighted by Crippen LogP contribution is -2.17. The summed E-state index contributed by atoms with van der Waals surface area (Å²) in [5.41, 5.74) is 1.34. The Morgan fingerprint density at radius 2 is 2.55 bits per heavy atom. The molecule has 0 bridgehead atoms. The largest absolute Gasteiger partial charge is 0.352 e. The average molecular weight is 268 g/mol. The fourth-order valence-corrected chi connectivity index (χ4v) is 1.86. The van der Waals surface area contributed by atoms with E-state index in [1.807, 2.05) is 6.92 Å². The standard InChI is InChI=1S/C8H13IO2/c1-3-10-8-6(2)7(4-9)5-11-8/h4,6,8H,3,5H2,1-2H3/b7-4+. The van der Waals surface area contributed by atoms with Gasteiger partial charge < -0.3 is 9.47 Å². The zero-order valence-electron chi connectivity index (χ0n) is 6.84. The summed E-state index contributed by atoms with van der Waals surface area (Å²) in [6.07, 6.45) is -0.0129. The molecule has 64 valence electrons. The molecule has 1 heterocycles. The van der Waals surface area contributed by atoms with Gasteiger partial charge in [-0.05, 0) is 16.6 Å². The second kappa shape index (κ2) is 4.42. The molecular weight excluding hydrogens is 255 g/mol. The Balaban J connectivity index is 2.49. The Kier molecular flexibility index (Phi) is 3.81. The summed E-state index contributed by atoms with van der Waals surface area (Å²) in [5.74, 6) is 0.423. The zero-order valence-corrected chi connectivity index (χ0v) is 9.00. The van der Waals surface area contributed by atoms with Crippen LogP contribution in [0.2, 0.25) is 0 Å². The molecule has 11 heavy (non-hydrogen) atoms. The van der Waals surface area contributed by atoms with Crippen molar-refractivity contribution in [3.05, 3.63) is 9.66 Å². The minimum absolute atomic E-state index is 0.0129. The maximum atomic E-state index is 5.41. The molecule has 0 aromatic rings. The number of ether oxygens (including phenoxy) is 2. The second-order valence-corrected chi connectivity index (χ2v) is 3.23. The molecule has 2 nitrogen and oxygen atoms in total. The first-order valence-electron chi connectivity index (χ1n) is 3.82. The Labute approximate surface area is 81.1 Å². The van der Waals surface area contributed by atoms with E-state index in [4.69, 9.17) is 9.47 Å². The zero-order chi connectivity index (χ0) is 8.27. The van der Waals surface area contributed by atoms with E-state index in [2.05, 4.69) is 33.6 Å². The summed E-state index contributed by atoms with van der Waals surface area (Å²) in [4.78, 5) is 0. The summed E-state index contributed by atoms with van der Waals surface area (Å²) >= 11 is 2.25. The SMILES string of the molecule is CCOC1OC/C(=C\I)C1C. The van der Waals surface area contributed by atoms with Crippen molar-refractivity contribution in [2.45, 2.75) is 20.1 Å². The molecule has 1 fully saturated rings. The van der Waals surface area contributed by atoms with E-state index in [1.165, 1.54) is 5.57 Å². The lowest BCUT2D eigenvalue weighted by Gasteiger charge is -2.13. The van der Waals surface area contributed by atoms with E-state index in [-0.39, 0.29) is 6.29 Å². The second-order valence-electron chi connectivity index (χ2n) is 2.61. The normalized spacial score (nSPS) is 35.0. The minimum atomic E-state index is -0.0129. The van der Waals surface area contributed by atoms with E-state index >= 15 is 0 Å². The molecule has 0 amide bonds. The van der Waals surface area contributed by atoms with Crippen molar-refractivity contribution in [1.29, 1.82) is 0 Å². The molecule has 0 N–H and O–H groups in total. The quantitative estimate of drug-likeness (QED) is 0.716. The highest BCUT2D eigenvalue weighted by Crippen LogP contribution is 2.27. The van der Waals surface area contributed by atoms with Gasteiger partial charge in [0.05, 0.1) is 6.61 Å². The minimum Gasteiger partial charge on any atom is -0.352 e. The van der Waals surface area contributed by atoms with Gasteiger partial charge in [0.1, 0.15) is 0 Å². The Bertz CT molecular complexity index is 156. The first-order chi connectivity index (χ1) is 5.29. The summed E-state index contributed by atoms with van der Waals surface area (Å²) in [5, 5.41) is 0. The van der Waals surface area contributed by atoms with Crippen LogP contribution in [0.4, 0.5) is 0 Å². The molecule has 0 spiro atoms. The lowest BCUT2D eigenvalue weighted by atomic mass is 10.1. The van der Waals surface area contributed by atoms with Crippen LogP contribution in [0, 0.1) is 5.92 Å². The van der Waals surface area contributed by atoms with Gasteiger partial charge in [-0.25, -0.2) is 0 Å². The van der Waals surface area contributed by atoms with Crippen molar-refractivity contribution < 1.29 is 9.47 Å². The smallest absolute Gasteiger partial charge is 0.164 e. The third-order valence-electron chi connectivity index (χ3n) is 1.88. The van der Waals surface area contributed by atoms with Crippen molar-refractivity contribution in [3.63, 3.8) is 0 Å². The van der Waals surface area contributed by atoms with E-state index < -0.39 is 0 Å². The number of rotatable bonds is 2. The third-order valence-corrected chi connectivity index (χ3v) is 2.68. The molecule has 0 aromatic heterocycles. The Hall–Kier alpha value is 0.390. The third kappa shape index (κ3) is 2.16. The molecule has 0 aliphatic carbocycles. The van der Waals surface area contributed by atoms with E-state index in [0.29, 0.717) is 5.92 Å². The summed E-state index contributed by atoms with van der Waals surface area (Å²) in [6.45, 7) is 5.58. The fraction of sp³-hybridized carbons (Fsp3) is 0.750. The highest BCUT2D eigenvalue weighted by atomic mass is 127. The molecule has 1 rings (SSSR count). The van der Waals surface area contributed by atoms with Gasteiger partial charge in [0.2, 0.25) is 0 Å². The van der Waals surface area contributed by atoms with Crippen LogP contribution in [0.15, 0.2) is 9.66 Å². The van der Waals surface area contributed by atoms with Gasteiger partial charge in [0.15, 0.2) is 6.29 Å². The van der Waals surface area contributed by atoms with Crippen LogP contribution >= 0.6 is 22.6 Å². The average Bonchev–Trinajstić information content (AvgIpc) is 2.34. The molecule has 0 aromatic carbocycles. The van der Waals surface area contributed by atoms with E-state index in [0.717, 1.165) is 13.2 Å². The molecule has 2 atom stereocenters. The lowest BCUT2D eigenvalue weighted by molar-refractivity contribution is -0.124. The predicted octanol–water partition coefficient (Wildman–Crippen LogP) is 2.33. The molecule has 1 saturated heterocycles. The van der Waals surface area contributed by atoms with Gasteiger partial charge in [-0.1, -0.05) is 29.5 Å². The van der Waals surface area contributed by atoms with Gasteiger partial charge >= 0.3 is 0 Å². The molecule has 1 aliphatic rings. The van der Waals surface area contributed by atoms with E-state index in [1.54, 1.807) is 0 Å². The fourth-order valence-electron chi connectivity index (χ4n) is 1.12. The Morgan fingerprint density at radius 1 is 1.82 bits per heavy atom. The number of hydrogen-bond donors (Lipinski definition) is 0. The highest BCUT2D eigenvalue weighted by Gasteiger charge is 2.28. The van der Waals surface area contributed by atoms with Crippen LogP contribution in [-0.4, -0.2) is 19.5 Å². The molecule has 0 radical (unpaired) electrons. The molecular formula is C8H13IO2. The molecule has 1 aliphatic heterocycles. The first-order valence-corrected chi connectivity index (χ1v) is 5.06. The molecule has 3 heteroatoms. The monoisotopic (exact) mass is 268 g/mol. The van der Waals surface area contributed by atoms with Crippen molar-refractivity contribution in [2.24, 2.45) is 5.92 Å². The van der Waals surface area contributed by atoms with Gasteiger partial charge in [0.25, 0.3) is 0 Å². The van der Waals surface area contributed by atoms with Gasteiger partial charge in [-0.15, -0.1) is 0 Å². The summed E-state index contributed by atoms with van der Waals surface area (Å²) in [6, 6.07) is 0. The van der Waals surface area contributed by atoms with Crippen LogP contribution in [0.1, 0.15) is 13.8 Å². The topological polar surface area (TPSA) is 18.5 Å². The number of hydrogen-bond acceptors (Lipinski definition) is 2. The van der Waals surface area contributed by atoms with Crippen LogP contribution < -0.4 is 0 Å². The van der Waals surface area contributed by atoms with Crippen molar-refractivity contribution in [3.8, 4) is 0 Å². The van der Waals surface area contributed by atoms with Crippen molar-refractivity contribution in [2.75, 3.05) is 13.2 Å². The van der Waals surface area contributed by atoms with Crippen LogP contribution in [0.25, 0.3) is 0 Å². The highest BCUT2D eigenvalue weighted by molar-refractivity contribution is 14.1. The first kappa shape index (κ1) is 9.48. The van der Waals surface area contributed by atoms with Gasteiger partial charge in [-0.3, -0.25) is 0 Å².